The van der Waals surface area contributed by atoms with Crippen LogP contribution in [0.2, 0.25) is 0 Å². The Morgan fingerprint density at radius 1 is 0.938 bits per heavy atom. The van der Waals surface area contributed by atoms with Gasteiger partial charge in [0.25, 0.3) is 10.0 Å². The van der Waals surface area contributed by atoms with Crippen LogP contribution in [-0.2, 0) is 20.1 Å². The third kappa shape index (κ3) is 3.98. The van der Waals surface area contributed by atoms with Gasteiger partial charge in [-0.05, 0) is 55.8 Å². The highest BCUT2D eigenvalue weighted by Crippen LogP contribution is 2.44. The summed E-state index contributed by atoms with van der Waals surface area (Å²) in [4.78, 5) is -1.05. The van der Waals surface area contributed by atoms with Crippen LogP contribution in [0, 0.1) is 6.92 Å². The van der Waals surface area contributed by atoms with Crippen molar-refractivity contribution in [3.05, 3.63) is 72.3 Å². The molecule has 32 heavy (non-hydrogen) atoms. The van der Waals surface area contributed by atoms with Crippen molar-refractivity contribution in [3.63, 3.8) is 0 Å². The predicted molar refractivity (Wildman–Crippen MR) is 118 cm³/mol. The number of aryl methyl sites for hydroxylation is 1. The van der Waals surface area contributed by atoms with Crippen LogP contribution in [0.1, 0.15) is 12.5 Å². The van der Waals surface area contributed by atoms with Gasteiger partial charge >= 0.3 is 10.1 Å². The van der Waals surface area contributed by atoms with Crippen molar-refractivity contribution in [3.8, 4) is 17.2 Å². The van der Waals surface area contributed by atoms with Gasteiger partial charge in [0, 0.05) is 6.54 Å². The standard InChI is InChI=1S/C22H21NO7S2/c1-3-23(17-9-5-4-6-10-17)31(24,25)22-20(13-12-19-21(22)29-15-28-19)32(26,27)30-18-11-7-8-16(2)14-18/h4-14H,3,15H2,1-2H3. The van der Waals surface area contributed by atoms with Gasteiger partial charge in [-0.1, -0.05) is 30.3 Å². The first-order chi connectivity index (χ1) is 15.2. The Morgan fingerprint density at radius 2 is 1.69 bits per heavy atom. The molecule has 1 heterocycles. The van der Waals surface area contributed by atoms with E-state index in [4.69, 9.17) is 13.7 Å². The fourth-order valence-electron chi connectivity index (χ4n) is 3.40. The van der Waals surface area contributed by atoms with Crippen LogP contribution < -0.4 is 18.0 Å². The molecule has 0 unspecified atom stereocenters. The van der Waals surface area contributed by atoms with E-state index >= 15 is 0 Å². The summed E-state index contributed by atoms with van der Waals surface area (Å²) in [6.45, 7) is 3.28. The van der Waals surface area contributed by atoms with Gasteiger partial charge in [-0.25, -0.2) is 8.42 Å². The maximum Gasteiger partial charge on any atom is 0.340 e. The highest BCUT2D eigenvalue weighted by atomic mass is 32.2. The minimum atomic E-state index is -4.53. The highest BCUT2D eigenvalue weighted by molar-refractivity contribution is 7.94. The Bertz CT molecular complexity index is 1350. The van der Waals surface area contributed by atoms with Crippen LogP contribution in [-0.4, -0.2) is 30.2 Å². The number of hydrogen-bond donors (Lipinski definition) is 0. The SMILES string of the molecule is CCN(c1ccccc1)S(=O)(=O)c1c(S(=O)(=O)Oc2cccc(C)c2)ccc2c1OCO2. The molecule has 168 valence electrons. The number of rotatable bonds is 7. The summed E-state index contributed by atoms with van der Waals surface area (Å²) < 4.78 is 71.1. The molecule has 1 aliphatic rings. The summed E-state index contributed by atoms with van der Waals surface area (Å²) in [5.41, 5.74) is 1.17. The second-order valence-electron chi connectivity index (χ2n) is 6.99. The Morgan fingerprint density at radius 3 is 2.38 bits per heavy atom. The Balaban J connectivity index is 1.89. The summed E-state index contributed by atoms with van der Waals surface area (Å²) in [5, 5.41) is 0. The van der Waals surface area contributed by atoms with Crippen molar-refractivity contribution in [2.75, 3.05) is 17.6 Å². The maximum atomic E-state index is 13.8. The van der Waals surface area contributed by atoms with E-state index in [1.807, 2.05) is 0 Å². The number of sulfonamides is 1. The molecule has 0 aliphatic carbocycles. The number of anilines is 1. The van der Waals surface area contributed by atoms with Gasteiger partial charge in [0.2, 0.25) is 6.79 Å². The lowest BCUT2D eigenvalue weighted by molar-refractivity contribution is 0.172. The summed E-state index contributed by atoms with van der Waals surface area (Å²) >= 11 is 0. The monoisotopic (exact) mass is 475 g/mol. The average Bonchev–Trinajstić information content (AvgIpc) is 3.22. The van der Waals surface area contributed by atoms with Crippen LogP contribution in [0.3, 0.4) is 0 Å². The minimum Gasteiger partial charge on any atom is -0.454 e. The smallest absolute Gasteiger partial charge is 0.340 e. The molecule has 0 aromatic heterocycles. The van der Waals surface area contributed by atoms with Gasteiger partial charge in [-0.2, -0.15) is 8.42 Å². The summed E-state index contributed by atoms with van der Waals surface area (Å²) in [6, 6.07) is 17.4. The van der Waals surface area contributed by atoms with Crippen LogP contribution in [0.25, 0.3) is 0 Å². The van der Waals surface area contributed by atoms with E-state index in [1.165, 1.54) is 12.1 Å². The molecule has 8 nitrogen and oxygen atoms in total. The topological polar surface area (TPSA) is 99.2 Å². The fraction of sp³-hybridized carbons (Fsp3) is 0.182. The Hall–Kier alpha value is -3.24. The maximum absolute atomic E-state index is 13.8. The van der Waals surface area contributed by atoms with Crippen LogP contribution >= 0.6 is 0 Å². The molecule has 0 radical (unpaired) electrons. The predicted octanol–water partition coefficient (Wildman–Crippen LogP) is 3.71. The lowest BCUT2D eigenvalue weighted by Crippen LogP contribution is -2.32. The molecule has 10 heteroatoms. The zero-order chi connectivity index (χ0) is 22.9. The zero-order valence-electron chi connectivity index (χ0n) is 17.4. The third-order valence-electron chi connectivity index (χ3n) is 4.80. The van der Waals surface area contributed by atoms with E-state index in [1.54, 1.807) is 62.4 Å². The third-order valence-corrected chi connectivity index (χ3v) is 8.19. The lowest BCUT2D eigenvalue weighted by Gasteiger charge is -2.24. The van der Waals surface area contributed by atoms with Crippen molar-refractivity contribution in [2.45, 2.75) is 23.6 Å². The molecular formula is C22H21NO7S2. The number of para-hydroxylation sites is 1. The molecule has 0 amide bonds. The number of ether oxygens (including phenoxy) is 2. The summed E-state index contributed by atoms with van der Waals surface area (Å²) in [5.74, 6) is 0.0527. The van der Waals surface area contributed by atoms with E-state index in [2.05, 4.69) is 0 Å². The Labute approximate surface area is 187 Å². The zero-order valence-corrected chi connectivity index (χ0v) is 19.0. The van der Waals surface area contributed by atoms with Crippen molar-refractivity contribution < 1.29 is 30.5 Å². The first kappa shape index (κ1) is 22.0. The Kier molecular flexibility index (Phi) is 5.74. The van der Waals surface area contributed by atoms with Gasteiger partial charge in [-0.3, -0.25) is 4.31 Å². The quantitative estimate of drug-likeness (QED) is 0.480. The first-order valence-electron chi connectivity index (χ1n) is 9.75. The normalized spacial score (nSPS) is 13.1. The largest absolute Gasteiger partial charge is 0.454 e. The number of benzene rings is 3. The number of hydrogen-bond acceptors (Lipinski definition) is 7. The van der Waals surface area contributed by atoms with Crippen molar-refractivity contribution in [1.29, 1.82) is 0 Å². The van der Waals surface area contributed by atoms with Gasteiger partial charge in [0.05, 0.1) is 5.69 Å². The molecule has 3 aromatic carbocycles. The van der Waals surface area contributed by atoms with Crippen molar-refractivity contribution in [2.24, 2.45) is 0 Å². The van der Waals surface area contributed by atoms with Gasteiger partial charge in [0.15, 0.2) is 16.4 Å². The summed E-state index contributed by atoms with van der Waals surface area (Å²) in [7, 11) is -8.91. The number of nitrogens with zero attached hydrogens (tertiary/aromatic N) is 1. The van der Waals surface area contributed by atoms with Crippen LogP contribution in [0.4, 0.5) is 5.69 Å². The molecule has 0 spiro atoms. The van der Waals surface area contributed by atoms with E-state index < -0.39 is 29.9 Å². The molecule has 0 bridgehead atoms. The van der Waals surface area contributed by atoms with E-state index in [0.29, 0.717) is 5.69 Å². The molecule has 1 aliphatic heterocycles. The van der Waals surface area contributed by atoms with Gasteiger partial charge in [0.1, 0.15) is 10.6 Å². The van der Waals surface area contributed by atoms with E-state index in [9.17, 15) is 16.8 Å². The van der Waals surface area contributed by atoms with E-state index in [0.717, 1.165) is 15.9 Å². The molecule has 4 rings (SSSR count). The highest BCUT2D eigenvalue weighted by Gasteiger charge is 2.39. The molecule has 0 saturated heterocycles. The van der Waals surface area contributed by atoms with E-state index in [-0.39, 0.29) is 30.6 Å². The van der Waals surface area contributed by atoms with Crippen molar-refractivity contribution in [1.82, 2.24) is 0 Å². The second kappa shape index (κ2) is 8.36. The first-order valence-corrected chi connectivity index (χ1v) is 12.6. The number of fused-ring (bicyclic) bond motifs is 1. The molecular weight excluding hydrogens is 454 g/mol. The molecule has 3 aromatic rings. The molecule has 0 saturated carbocycles. The van der Waals surface area contributed by atoms with Crippen molar-refractivity contribution >= 4 is 25.8 Å². The lowest BCUT2D eigenvalue weighted by atomic mass is 10.2. The fourth-order valence-corrected chi connectivity index (χ4v) is 6.70. The van der Waals surface area contributed by atoms with Gasteiger partial charge in [-0.15, -0.1) is 0 Å². The minimum absolute atomic E-state index is 0.0646. The molecule has 0 fully saturated rings. The molecule has 0 atom stereocenters. The summed E-state index contributed by atoms with van der Waals surface area (Å²) in [6.07, 6.45) is 0. The van der Waals surface area contributed by atoms with Crippen LogP contribution in [0.15, 0.2) is 76.5 Å². The second-order valence-corrected chi connectivity index (χ2v) is 10.3. The average molecular weight is 476 g/mol. The van der Waals surface area contributed by atoms with Gasteiger partial charge < -0.3 is 13.7 Å². The van der Waals surface area contributed by atoms with Crippen LogP contribution in [0.5, 0.6) is 17.2 Å². The molecule has 0 N–H and O–H groups in total.